The Kier molecular flexibility index (Phi) is 6.30. The molecule has 2 aliphatic heterocycles. The second kappa shape index (κ2) is 9.29. The Morgan fingerprint density at radius 1 is 0.742 bits per heavy atom. The second-order valence-electron chi connectivity index (χ2n) is 8.07. The Morgan fingerprint density at radius 2 is 1.32 bits per heavy atom. The number of carbonyl (C=O) groups excluding carboxylic acids is 2. The molecule has 7 heteroatoms. The van der Waals surface area contributed by atoms with Gasteiger partial charge in [-0.1, -0.05) is 24.3 Å². The van der Waals surface area contributed by atoms with Crippen LogP contribution in [0.3, 0.4) is 0 Å². The van der Waals surface area contributed by atoms with Crippen LogP contribution in [0.1, 0.15) is 5.56 Å². The number of hydrogen-bond acceptors (Lipinski definition) is 5. The van der Waals surface area contributed by atoms with E-state index in [1.807, 2.05) is 24.3 Å². The molecule has 0 saturated carbocycles. The summed E-state index contributed by atoms with van der Waals surface area (Å²) in [5, 5.41) is 0. The number of ether oxygens (including phenoxy) is 1. The zero-order chi connectivity index (χ0) is 21.8. The largest absolute Gasteiger partial charge is 0.495 e. The number of anilines is 2. The van der Waals surface area contributed by atoms with E-state index in [9.17, 15) is 9.59 Å². The lowest BCUT2D eigenvalue weighted by atomic mass is 10.2. The van der Waals surface area contributed by atoms with Crippen LogP contribution in [0.4, 0.5) is 11.4 Å². The lowest BCUT2D eigenvalue weighted by Crippen LogP contribution is -2.56. The third-order valence-corrected chi connectivity index (χ3v) is 6.11. The van der Waals surface area contributed by atoms with Gasteiger partial charge in [0.1, 0.15) is 5.75 Å². The maximum Gasteiger partial charge on any atom is 0.312 e. The van der Waals surface area contributed by atoms with E-state index in [1.165, 1.54) is 11.3 Å². The number of amides is 2. The first-order valence-corrected chi connectivity index (χ1v) is 10.8. The standard InChI is InChI=1S/C24H30N4O3/c1-19-6-5-7-20(18-19)25-10-14-27(15-11-25)23(29)24(30)28-16-12-26(13-17-28)21-8-3-4-9-22(21)31-2/h3-9,18H,10-17H2,1-2H3. The Hall–Kier alpha value is -3.22. The van der Waals surface area contributed by atoms with Crippen LogP contribution in [0, 0.1) is 6.92 Å². The molecule has 2 aromatic rings. The molecule has 2 amide bonds. The summed E-state index contributed by atoms with van der Waals surface area (Å²) in [6, 6.07) is 16.3. The molecule has 2 aromatic carbocycles. The van der Waals surface area contributed by atoms with E-state index < -0.39 is 0 Å². The molecule has 0 aliphatic carbocycles. The van der Waals surface area contributed by atoms with Gasteiger partial charge in [0.2, 0.25) is 0 Å². The van der Waals surface area contributed by atoms with Crippen molar-refractivity contribution in [3.05, 3.63) is 54.1 Å². The number of methoxy groups -OCH3 is 1. The van der Waals surface area contributed by atoms with Gasteiger partial charge in [0.15, 0.2) is 0 Å². The van der Waals surface area contributed by atoms with Gasteiger partial charge in [-0.2, -0.15) is 0 Å². The minimum Gasteiger partial charge on any atom is -0.495 e. The molecule has 0 unspecified atom stereocenters. The smallest absolute Gasteiger partial charge is 0.312 e. The van der Waals surface area contributed by atoms with Gasteiger partial charge in [-0.15, -0.1) is 0 Å². The van der Waals surface area contributed by atoms with Gasteiger partial charge in [0, 0.05) is 58.0 Å². The van der Waals surface area contributed by atoms with Gasteiger partial charge < -0.3 is 24.3 Å². The third-order valence-electron chi connectivity index (χ3n) is 6.11. The predicted molar refractivity (Wildman–Crippen MR) is 122 cm³/mol. The first-order chi connectivity index (χ1) is 15.1. The summed E-state index contributed by atoms with van der Waals surface area (Å²) in [7, 11) is 1.66. The van der Waals surface area contributed by atoms with Crippen molar-refractivity contribution in [3.63, 3.8) is 0 Å². The zero-order valence-corrected chi connectivity index (χ0v) is 18.3. The van der Waals surface area contributed by atoms with E-state index in [1.54, 1.807) is 16.9 Å². The molecule has 0 bridgehead atoms. The quantitative estimate of drug-likeness (QED) is 0.709. The van der Waals surface area contributed by atoms with E-state index in [-0.39, 0.29) is 11.8 Å². The molecule has 2 fully saturated rings. The number of nitrogens with zero attached hydrogens (tertiary/aromatic N) is 4. The SMILES string of the molecule is COc1ccccc1N1CCN(C(=O)C(=O)N2CCN(c3cccc(C)c3)CC2)CC1. The van der Waals surface area contributed by atoms with Crippen LogP contribution in [0.2, 0.25) is 0 Å². The number of aryl methyl sites for hydroxylation is 1. The monoisotopic (exact) mass is 422 g/mol. The van der Waals surface area contributed by atoms with Crippen molar-refractivity contribution >= 4 is 23.2 Å². The maximum absolute atomic E-state index is 12.8. The van der Waals surface area contributed by atoms with Crippen molar-refractivity contribution in [2.24, 2.45) is 0 Å². The van der Waals surface area contributed by atoms with Crippen LogP contribution in [0.15, 0.2) is 48.5 Å². The number of piperazine rings is 2. The highest BCUT2D eigenvalue weighted by molar-refractivity contribution is 6.35. The molecule has 31 heavy (non-hydrogen) atoms. The number of hydrogen-bond donors (Lipinski definition) is 0. The highest BCUT2D eigenvalue weighted by Crippen LogP contribution is 2.28. The molecule has 2 aliphatic rings. The summed E-state index contributed by atoms with van der Waals surface area (Å²) >= 11 is 0. The molecule has 0 spiro atoms. The second-order valence-corrected chi connectivity index (χ2v) is 8.07. The maximum atomic E-state index is 12.8. The topological polar surface area (TPSA) is 56.3 Å². The highest BCUT2D eigenvalue weighted by Gasteiger charge is 2.31. The number of benzene rings is 2. The minimum atomic E-state index is -0.385. The van der Waals surface area contributed by atoms with Crippen LogP contribution in [-0.4, -0.2) is 81.1 Å². The third kappa shape index (κ3) is 4.60. The van der Waals surface area contributed by atoms with E-state index >= 15 is 0 Å². The minimum absolute atomic E-state index is 0.380. The summed E-state index contributed by atoms with van der Waals surface area (Å²) in [6.45, 7) is 7.13. The summed E-state index contributed by atoms with van der Waals surface area (Å²) in [5.41, 5.74) is 3.42. The normalized spacial score (nSPS) is 17.0. The molecule has 2 saturated heterocycles. The lowest BCUT2D eigenvalue weighted by Gasteiger charge is -2.39. The molecule has 0 aromatic heterocycles. The van der Waals surface area contributed by atoms with Crippen molar-refractivity contribution in [1.82, 2.24) is 9.80 Å². The molecular formula is C24H30N4O3. The Balaban J connectivity index is 1.30. The summed E-state index contributed by atoms with van der Waals surface area (Å²) in [6.07, 6.45) is 0. The predicted octanol–water partition coefficient (Wildman–Crippen LogP) is 2.00. The summed E-state index contributed by atoms with van der Waals surface area (Å²) in [4.78, 5) is 33.5. The Labute approximate surface area is 183 Å². The van der Waals surface area contributed by atoms with E-state index in [4.69, 9.17) is 4.74 Å². The number of para-hydroxylation sites is 2. The van der Waals surface area contributed by atoms with E-state index in [2.05, 4.69) is 41.0 Å². The van der Waals surface area contributed by atoms with Crippen LogP contribution in [-0.2, 0) is 9.59 Å². The van der Waals surface area contributed by atoms with Crippen molar-refractivity contribution in [2.75, 3.05) is 69.3 Å². The average Bonchev–Trinajstić information content (AvgIpc) is 2.83. The molecule has 4 rings (SSSR count). The fourth-order valence-electron chi connectivity index (χ4n) is 4.30. The molecule has 2 heterocycles. The van der Waals surface area contributed by atoms with Gasteiger partial charge in [-0.05, 0) is 36.8 Å². The Bertz CT molecular complexity index is 932. The van der Waals surface area contributed by atoms with Gasteiger partial charge in [-0.25, -0.2) is 0 Å². The van der Waals surface area contributed by atoms with Gasteiger partial charge in [0.25, 0.3) is 0 Å². The lowest BCUT2D eigenvalue weighted by molar-refractivity contribution is -0.152. The van der Waals surface area contributed by atoms with Gasteiger partial charge in [0.05, 0.1) is 12.8 Å². The van der Waals surface area contributed by atoms with Crippen LogP contribution in [0.5, 0.6) is 5.75 Å². The molecule has 0 atom stereocenters. The zero-order valence-electron chi connectivity index (χ0n) is 18.3. The van der Waals surface area contributed by atoms with Crippen LogP contribution >= 0.6 is 0 Å². The van der Waals surface area contributed by atoms with Gasteiger partial charge in [-0.3, -0.25) is 9.59 Å². The highest BCUT2D eigenvalue weighted by atomic mass is 16.5. The van der Waals surface area contributed by atoms with Crippen LogP contribution in [0.25, 0.3) is 0 Å². The van der Waals surface area contributed by atoms with Crippen LogP contribution < -0.4 is 14.5 Å². The van der Waals surface area contributed by atoms with Crippen molar-refractivity contribution in [2.45, 2.75) is 6.92 Å². The van der Waals surface area contributed by atoms with Crippen molar-refractivity contribution < 1.29 is 14.3 Å². The molecule has 0 N–H and O–H groups in total. The average molecular weight is 423 g/mol. The first kappa shape index (κ1) is 21.0. The molecule has 0 radical (unpaired) electrons. The summed E-state index contributed by atoms with van der Waals surface area (Å²) < 4.78 is 5.45. The summed E-state index contributed by atoms with van der Waals surface area (Å²) in [5.74, 6) is 0.0585. The molecule has 7 nitrogen and oxygen atoms in total. The van der Waals surface area contributed by atoms with Crippen molar-refractivity contribution in [1.29, 1.82) is 0 Å². The van der Waals surface area contributed by atoms with E-state index in [0.29, 0.717) is 39.3 Å². The molecule has 164 valence electrons. The first-order valence-electron chi connectivity index (χ1n) is 10.8. The van der Waals surface area contributed by atoms with Gasteiger partial charge >= 0.3 is 11.8 Å². The Morgan fingerprint density at radius 3 is 1.90 bits per heavy atom. The molecular weight excluding hydrogens is 392 g/mol. The van der Waals surface area contributed by atoms with Crippen molar-refractivity contribution in [3.8, 4) is 5.75 Å². The van der Waals surface area contributed by atoms with E-state index in [0.717, 1.165) is 24.5 Å². The fraction of sp³-hybridized carbons (Fsp3) is 0.417. The number of carbonyl (C=O) groups is 2. The number of rotatable bonds is 3. The fourth-order valence-corrected chi connectivity index (χ4v) is 4.30.